The summed E-state index contributed by atoms with van der Waals surface area (Å²) < 4.78 is 10.8. The Kier molecular flexibility index (Phi) is 4.84. The molecule has 1 atom stereocenters. The van der Waals surface area contributed by atoms with E-state index in [1.54, 1.807) is 6.26 Å². The molecule has 1 saturated carbocycles. The van der Waals surface area contributed by atoms with Crippen molar-refractivity contribution in [2.75, 3.05) is 13.2 Å². The lowest BCUT2D eigenvalue weighted by molar-refractivity contribution is 0.102. The molecule has 0 saturated heterocycles. The molecule has 2 rings (SSSR count). The van der Waals surface area contributed by atoms with Gasteiger partial charge in [-0.25, -0.2) is 0 Å². The van der Waals surface area contributed by atoms with Gasteiger partial charge in [-0.3, -0.25) is 0 Å². The lowest BCUT2D eigenvalue weighted by Gasteiger charge is -2.27. The van der Waals surface area contributed by atoms with E-state index in [0.717, 1.165) is 25.3 Å². The molecular formula is C15H25NO2. The Hall–Kier alpha value is -0.800. The predicted molar refractivity (Wildman–Crippen MR) is 72.4 cm³/mol. The van der Waals surface area contributed by atoms with Gasteiger partial charge < -0.3 is 14.5 Å². The van der Waals surface area contributed by atoms with Crippen molar-refractivity contribution in [2.45, 2.75) is 52.2 Å². The van der Waals surface area contributed by atoms with E-state index < -0.39 is 0 Å². The highest BCUT2D eigenvalue weighted by Crippen LogP contribution is 2.36. The molecule has 0 aliphatic heterocycles. The van der Waals surface area contributed by atoms with Crippen LogP contribution in [0.2, 0.25) is 0 Å². The summed E-state index contributed by atoms with van der Waals surface area (Å²) in [5.74, 6) is 0.903. The molecular weight excluding hydrogens is 226 g/mol. The predicted octanol–water partition coefficient (Wildman–Crippen LogP) is 3.35. The normalized spacial score (nSPS) is 22.4. The smallest absolute Gasteiger partial charge is 0.129 e. The Balaban J connectivity index is 1.51. The molecule has 0 aromatic carbocycles. The lowest BCUT2D eigenvalue weighted by Crippen LogP contribution is -2.38. The first-order valence-electron chi connectivity index (χ1n) is 7.02. The van der Waals surface area contributed by atoms with Crippen LogP contribution in [0.3, 0.4) is 0 Å². The fourth-order valence-corrected chi connectivity index (χ4v) is 2.72. The Morgan fingerprint density at radius 3 is 3.06 bits per heavy atom. The van der Waals surface area contributed by atoms with Crippen LogP contribution in [0.1, 0.15) is 45.3 Å². The first-order chi connectivity index (χ1) is 8.68. The van der Waals surface area contributed by atoms with E-state index in [-0.39, 0.29) is 0 Å². The molecule has 1 unspecified atom stereocenters. The second-order valence-corrected chi connectivity index (χ2v) is 5.87. The highest BCUT2D eigenvalue weighted by molar-refractivity contribution is 4.96. The standard InChI is InChI=1S/C15H25NO2/c1-15(2)8-3-7-14(15)16-9-5-10-17-12-13-6-4-11-18-13/h4,6,11,14,16H,3,5,7-10,12H2,1-2H3. The fraction of sp³-hybridized carbons (Fsp3) is 0.733. The van der Waals surface area contributed by atoms with Gasteiger partial charge in [-0.15, -0.1) is 0 Å². The van der Waals surface area contributed by atoms with Gasteiger partial charge in [-0.1, -0.05) is 20.3 Å². The summed E-state index contributed by atoms with van der Waals surface area (Å²) >= 11 is 0. The number of rotatable bonds is 7. The van der Waals surface area contributed by atoms with Crippen LogP contribution in [0.5, 0.6) is 0 Å². The number of nitrogens with one attached hydrogen (secondary N) is 1. The Morgan fingerprint density at radius 2 is 2.39 bits per heavy atom. The minimum Gasteiger partial charge on any atom is -0.467 e. The summed E-state index contributed by atoms with van der Waals surface area (Å²) in [5.41, 5.74) is 0.467. The molecule has 1 N–H and O–H groups in total. The largest absolute Gasteiger partial charge is 0.467 e. The van der Waals surface area contributed by atoms with E-state index in [9.17, 15) is 0 Å². The van der Waals surface area contributed by atoms with Gasteiger partial charge in [0.25, 0.3) is 0 Å². The van der Waals surface area contributed by atoms with Crippen LogP contribution in [0.25, 0.3) is 0 Å². The number of hydrogen-bond acceptors (Lipinski definition) is 3. The molecule has 3 nitrogen and oxygen atoms in total. The average Bonchev–Trinajstić information content (AvgIpc) is 2.93. The number of furan rings is 1. The highest BCUT2D eigenvalue weighted by Gasteiger charge is 2.33. The van der Waals surface area contributed by atoms with Gasteiger partial charge in [0.05, 0.1) is 6.26 Å². The van der Waals surface area contributed by atoms with Gasteiger partial charge >= 0.3 is 0 Å². The van der Waals surface area contributed by atoms with E-state index in [4.69, 9.17) is 9.15 Å². The van der Waals surface area contributed by atoms with Gasteiger partial charge in [0, 0.05) is 12.6 Å². The SMILES string of the molecule is CC1(C)CCCC1NCCCOCc1ccco1. The van der Waals surface area contributed by atoms with Gasteiger partial charge in [0.15, 0.2) is 0 Å². The monoisotopic (exact) mass is 251 g/mol. The molecule has 0 spiro atoms. The molecule has 1 aromatic heterocycles. The van der Waals surface area contributed by atoms with Gasteiger partial charge in [0.1, 0.15) is 12.4 Å². The summed E-state index contributed by atoms with van der Waals surface area (Å²) in [5, 5.41) is 3.66. The third kappa shape index (κ3) is 3.85. The van der Waals surface area contributed by atoms with E-state index in [2.05, 4.69) is 19.2 Å². The topological polar surface area (TPSA) is 34.4 Å². The van der Waals surface area contributed by atoms with Gasteiger partial charge in [-0.05, 0) is 43.4 Å². The van der Waals surface area contributed by atoms with Crippen LogP contribution in [0, 0.1) is 5.41 Å². The summed E-state index contributed by atoms with van der Waals surface area (Å²) in [4.78, 5) is 0. The molecule has 1 heterocycles. The Morgan fingerprint density at radius 1 is 1.50 bits per heavy atom. The van der Waals surface area contributed by atoms with Crippen molar-refractivity contribution in [2.24, 2.45) is 5.41 Å². The van der Waals surface area contributed by atoms with Crippen molar-refractivity contribution in [1.82, 2.24) is 5.32 Å². The second kappa shape index (κ2) is 6.39. The third-order valence-electron chi connectivity index (χ3n) is 3.94. The van der Waals surface area contributed by atoms with E-state index >= 15 is 0 Å². The summed E-state index contributed by atoms with van der Waals surface area (Å²) in [6, 6.07) is 4.52. The average molecular weight is 251 g/mol. The second-order valence-electron chi connectivity index (χ2n) is 5.87. The maximum Gasteiger partial charge on any atom is 0.129 e. The molecule has 0 bridgehead atoms. The van der Waals surface area contributed by atoms with Gasteiger partial charge in [0.2, 0.25) is 0 Å². The zero-order valence-corrected chi connectivity index (χ0v) is 11.6. The van der Waals surface area contributed by atoms with E-state index in [1.165, 1.54) is 19.3 Å². The first-order valence-corrected chi connectivity index (χ1v) is 7.02. The molecule has 1 aliphatic rings. The van der Waals surface area contributed by atoms with Crippen molar-refractivity contribution >= 4 is 0 Å². The number of ether oxygens (including phenoxy) is 1. The maximum absolute atomic E-state index is 5.56. The van der Waals surface area contributed by atoms with Crippen LogP contribution >= 0.6 is 0 Å². The van der Waals surface area contributed by atoms with Crippen LogP contribution in [0.15, 0.2) is 22.8 Å². The third-order valence-corrected chi connectivity index (χ3v) is 3.94. The summed E-state index contributed by atoms with van der Waals surface area (Å²) in [6.45, 7) is 7.16. The maximum atomic E-state index is 5.56. The van der Waals surface area contributed by atoms with E-state index in [0.29, 0.717) is 18.1 Å². The molecule has 18 heavy (non-hydrogen) atoms. The quantitative estimate of drug-likeness (QED) is 0.755. The molecule has 0 amide bonds. The van der Waals surface area contributed by atoms with Gasteiger partial charge in [-0.2, -0.15) is 0 Å². The first kappa shape index (κ1) is 13.6. The Labute approximate surface area is 110 Å². The molecule has 1 aromatic rings. The molecule has 3 heteroatoms. The van der Waals surface area contributed by atoms with Crippen molar-refractivity contribution < 1.29 is 9.15 Å². The minimum atomic E-state index is 0.467. The molecule has 102 valence electrons. The summed E-state index contributed by atoms with van der Waals surface area (Å²) in [7, 11) is 0. The van der Waals surface area contributed by atoms with Crippen molar-refractivity contribution in [1.29, 1.82) is 0 Å². The van der Waals surface area contributed by atoms with Crippen LogP contribution < -0.4 is 5.32 Å². The fourth-order valence-electron chi connectivity index (χ4n) is 2.72. The number of hydrogen-bond donors (Lipinski definition) is 1. The highest BCUT2D eigenvalue weighted by atomic mass is 16.5. The Bertz CT molecular complexity index is 332. The van der Waals surface area contributed by atoms with Crippen molar-refractivity contribution in [3.05, 3.63) is 24.2 Å². The minimum absolute atomic E-state index is 0.467. The lowest BCUT2D eigenvalue weighted by atomic mass is 9.87. The van der Waals surface area contributed by atoms with Crippen molar-refractivity contribution in [3.8, 4) is 0 Å². The summed E-state index contributed by atoms with van der Waals surface area (Å²) in [6.07, 6.45) is 6.77. The van der Waals surface area contributed by atoms with Crippen LogP contribution in [0.4, 0.5) is 0 Å². The molecule has 0 radical (unpaired) electrons. The van der Waals surface area contributed by atoms with Crippen molar-refractivity contribution in [3.63, 3.8) is 0 Å². The molecule has 1 fully saturated rings. The zero-order chi connectivity index (χ0) is 12.8. The van der Waals surface area contributed by atoms with Crippen LogP contribution in [-0.4, -0.2) is 19.2 Å². The van der Waals surface area contributed by atoms with E-state index in [1.807, 2.05) is 12.1 Å². The van der Waals surface area contributed by atoms with Crippen LogP contribution in [-0.2, 0) is 11.3 Å². The molecule has 1 aliphatic carbocycles. The zero-order valence-electron chi connectivity index (χ0n) is 11.6.